The van der Waals surface area contributed by atoms with Crippen molar-refractivity contribution in [2.24, 2.45) is 0 Å². The van der Waals surface area contributed by atoms with Crippen LogP contribution in [0.25, 0.3) is 11.1 Å². The lowest BCUT2D eigenvalue weighted by Crippen LogP contribution is -2.12. The van der Waals surface area contributed by atoms with Crippen molar-refractivity contribution >= 4 is 22.8 Å². The number of aromatic nitrogens is 4. The maximum atomic E-state index is 12.3. The number of pyridine rings is 2. The molecule has 1 N–H and O–H groups in total. The molecule has 0 saturated carbocycles. The van der Waals surface area contributed by atoms with Crippen molar-refractivity contribution < 1.29 is 9.21 Å². The lowest BCUT2D eigenvalue weighted by molar-refractivity contribution is 0.0998. The summed E-state index contributed by atoms with van der Waals surface area (Å²) in [6.07, 6.45) is 5.28. The van der Waals surface area contributed by atoms with E-state index in [4.69, 9.17) is 4.42 Å². The van der Waals surface area contributed by atoms with Gasteiger partial charge in [0.05, 0.1) is 6.54 Å². The van der Waals surface area contributed by atoms with Gasteiger partial charge in [-0.3, -0.25) is 14.5 Å². The molecule has 0 atom stereocenters. The van der Waals surface area contributed by atoms with E-state index in [-0.39, 0.29) is 11.7 Å². The van der Waals surface area contributed by atoms with Gasteiger partial charge in [-0.25, -0.2) is 4.98 Å². The molecule has 4 aromatic rings. The highest BCUT2D eigenvalue weighted by molar-refractivity contribution is 6.03. The second-order valence-corrected chi connectivity index (χ2v) is 5.65. The van der Waals surface area contributed by atoms with Gasteiger partial charge in [0.25, 0.3) is 5.91 Å². The van der Waals surface area contributed by atoms with Gasteiger partial charge in [0.1, 0.15) is 5.52 Å². The van der Waals surface area contributed by atoms with E-state index in [1.165, 1.54) is 0 Å². The van der Waals surface area contributed by atoms with Gasteiger partial charge >= 0.3 is 0 Å². The average molecular weight is 333 g/mol. The fraction of sp³-hybridized carbons (Fsp3) is 0.111. The van der Waals surface area contributed by atoms with E-state index in [9.17, 15) is 4.79 Å². The number of amides is 1. The van der Waals surface area contributed by atoms with Crippen molar-refractivity contribution in [1.29, 1.82) is 0 Å². The van der Waals surface area contributed by atoms with E-state index in [1.54, 1.807) is 41.5 Å². The number of furan rings is 1. The van der Waals surface area contributed by atoms with Crippen molar-refractivity contribution in [3.63, 3.8) is 0 Å². The summed E-state index contributed by atoms with van der Waals surface area (Å²) >= 11 is 0. The smallest absolute Gasteiger partial charge is 0.292 e. The number of carbonyl (C=O) groups is 1. The molecule has 0 unspecified atom stereocenters. The lowest BCUT2D eigenvalue weighted by Gasteiger charge is -2.01. The molecule has 0 aromatic carbocycles. The summed E-state index contributed by atoms with van der Waals surface area (Å²) in [4.78, 5) is 20.7. The van der Waals surface area contributed by atoms with Crippen LogP contribution >= 0.6 is 0 Å². The molecule has 0 radical (unpaired) electrons. The Kier molecular flexibility index (Phi) is 3.74. The monoisotopic (exact) mass is 333 g/mol. The van der Waals surface area contributed by atoms with Crippen molar-refractivity contribution in [3.8, 4) is 0 Å². The highest BCUT2D eigenvalue weighted by Gasteiger charge is 2.14. The van der Waals surface area contributed by atoms with Crippen molar-refractivity contribution in [2.45, 2.75) is 13.5 Å². The zero-order valence-electron chi connectivity index (χ0n) is 13.5. The molecule has 0 fully saturated rings. The third-order valence-corrected chi connectivity index (χ3v) is 3.71. The third-order valence-electron chi connectivity index (χ3n) is 3.71. The first kappa shape index (κ1) is 15.1. The number of anilines is 1. The Morgan fingerprint density at radius 2 is 2.04 bits per heavy atom. The molecule has 124 valence electrons. The fourth-order valence-electron chi connectivity index (χ4n) is 2.51. The molecule has 0 bridgehead atoms. The molecule has 4 aromatic heterocycles. The minimum absolute atomic E-state index is 0.205. The van der Waals surface area contributed by atoms with Crippen LogP contribution in [0.5, 0.6) is 0 Å². The fourth-order valence-corrected chi connectivity index (χ4v) is 2.51. The second kappa shape index (κ2) is 6.20. The highest BCUT2D eigenvalue weighted by Crippen LogP contribution is 2.19. The Balaban J connectivity index is 1.48. The Morgan fingerprint density at radius 1 is 1.20 bits per heavy atom. The topological polar surface area (TPSA) is 85.8 Å². The van der Waals surface area contributed by atoms with E-state index in [2.05, 4.69) is 20.4 Å². The van der Waals surface area contributed by atoms with Gasteiger partial charge in [-0.15, -0.1) is 0 Å². The maximum absolute atomic E-state index is 12.3. The lowest BCUT2D eigenvalue weighted by atomic mass is 10.3. The summed E-state index contributed by atoms with van der Waals surface area (Å²) in [6, 6.07) is 10.9. The molecule has 0 saturated heterocycles. The maximum Gasteiger partial charge on any atom is 0.292 e. The van der Waals surface area contributed by atoms with Crippen LogP contribution in [0.4, 0.5) is 5.82 Å². The molecule has 4 heterocycles. The van der Waals surface area contributed by atoms with Crippen molar-refractivity contribution in [2.75, 3.05) is 5.32 Å². The van der Waals surface area contributed by atoms with E-state index >= 15 is 0 Å². The molecule has 7 heteroatoms. The molecule has 1 amide bonds. The number of fused-ring (bicyclic) bond motifs is 1. The average Bonchev–Trinajstić information content (AvgIpc) is 3.22. The predicted molar refractivity (Wildman–Crippen MR) is 92.3 cm³/mol. The summed E-state index contributed by atoms with van der Waals surface area (Å²) in [7, 11) is 0. The Hall–Kier alpha value is -3.48. The normalized spacial score (nSPS) is 10.9. The highest BCUT2D eigenvalue weighted by atomic mass is 16.3. The van der Waals surface area contributed by atoms with Gasteiger partial charge in [-0.2, -0.15) is 5.10 Å². The number of hydrogen-bond acceptors (Lipinski definition) is 5. The van der Waals surface area contributed by atoms with Crippen molar-refractivity contribution in [1.82, 2.24) is 19.7 Å². The van der Waals surface area contributed by atoms with Gasteiger partial charge in [-0.05, 0) is 36.8 Å². The van der Waals surface area contributed by atoms with Crippen LogP contribution in [0, 0.1) is 6.92 Å². The van der Waals surface area contributed by atoms with Crippen molar-refractivity contribution in [3.05, 3.63) is 72.0 Å². The SMILES string of the molecule is Cc1ccc2oc(C(=O)Nc3ccn(Cc4ccncc4)n3)cc2n1. The first-order valence-corrected chi connectivity index (χ1v) is 7.78. The molecule has 0 aliphatic rings. The molecule has 7 nitrogen and oxygen atoms in total. The molecular formula is C18H15N5O2. The Morgan fingerprint density at radius 3 is 2.88 bits per heavy atom. The Labute approximate surface area is 143 Å². The van der Waals surface area contributed by atoms with Crippen LogP contribution in [0.2, 0.25) is 0 Å². The van der Waals surface area contributed by atoms with Gasteiger partial charge in [-0.1, -0.05) is 0 Å². The standard InChI is InChI=1S/C18H15N5O2/c1-12-2-3-15-14(20-12)10-16(25-15)18(24)21-17-6-9-23(22-17)11-13-4-7-19-8-5-13/h2-10H,11H2,1H3,(H,21,22,24). The van der Waals surface area contributed by atoms with E-state index in [0.29, 0.717) is 23.5 Å². The van der Waals surface area contributed by atoms with Crippen LogP contribution in [0.1, 0.15) is 21.8 Å². The molecular weight excluding hydrogens is 318 g/mol. The molecule has 4 rings (SSSR count). The first-order valence-electron chi connectivity index (χ1n) is 7.78. The molecule has 0 aliphatic heterocycles. The number of aryl methyl sites for hydroxylation is 1. The quantitative estimate of drug-likeness (QED) is 0.620. The van der Waals surface area contributed by atoms with Gasteiger partial charge in [0.2, 0.25) is 0 Å². The number of carbonyl (C=O) groups excluding carboxylic acids is 1. The summed E-state index contributed by atoms with van der Waals surface area (Å²) in [5.74, 6) is 0.310. The molecule has 0 aliphatic carbocycles. The van der Waals surface area contributed by atoms with Crippen LogP contribution < -0.4 is 5.32 Å². The summed E-state index contributed by atoms with van der Waals surface area (Å²) < 4.78 is 7.29. The number of hydrogen-bond donors (Lipinski definition) is 1. The molecule has 25 heavy (non-hydrogen) atoms. The Bertz CT molecular complexity index is 1040. The van der Waals surface area contributed by atoms with Gasteiger partial charge in [0.15, 0.2) is 17.2 Å². The van der Waals surface area contributed by atoms with Gasteiger partial charge < -0.3 is 9.73 Å². The third kappa shape index (κ3) is 3.25. The number of rotatable bonds is 4. The summed E-state index contributed by atoms with van der Waals surface area (Å²) in [5, 5.41) is 7.08. The van der Waals surface area contributed by atoms with Crippen LogP contribution in [0.15, 0.2) is 59.4 Å². The van der Waals surface area contributed by atoms with E-state index in [1.807, 2.05) is 25.1 Å². The van der Waals surface area contributed by atoms with Crippen LogP contribution in [0.3, 0.4) is 0 Å². The first-order chi connectivity index (χ1) is 12.2. The van der Waals surface area contributed by atoms with Crippen LogP contribution in [-0.4, -0.2) is 25.7 Å². The number of nitrogens with zero attached hydrogens (tertiary/aromatic N) is 4. The number of nitrogens with one attached hydrogen (secondary N) is 1. The predicted octanol–water partition coefficient (Wildman–Crippen LogP) is 3.03. The zero-order valence-corrected chi connectivity index (χ0v) is 13.5. The largest absolute Gasteiger partial charge is 0.449 e. The van der Waals surface area contributed by atoms with E-state index in [0.717, 1.165) is 11.3 Å². The second-order valence-electron chi connectivity index (χ2n) is 5.65. The van der Waals surface area contributed by atoms with Crippen LogP contribution in [-0.2, 0) is 6.54 Å². The minimum atomic E-state index is -0.357. The summed E-state index contributed by atoms with van der Waals surface area (Å²) in [5.41, 5.74) is 3.19. The zero-order chi connectivity index (χ0) is 17.2. The summed E-state index contributed by atoms with van der Waals surface area (Å²) in [6.45, 7) is 2.49. The van der Waals surface area contributed by atoms with E-state index < -0.39 is 0 Å². The minimum Gasteiger partial charge on any atom is -0.449 e. The molecule has 0 spiro atoms. The van der Waals surface area contributed by atoms with Gasteiger partial charge in [0, 0.05) is 36.4 Å².